The monoisotopic (exact) mass is 652 g/mol. The summed E-state index contributed by atoms with van der Waals surface area (Å²) in [6, 6.07) is 2.97. The third-order valence-electron chi connectivity index (χ3n) is 5.93. The summed E-state index contributed by atoms with van der Waals surface area (Å²) in [6.07, 6.45) is 4.36. The minimum atomic E-state index is -0.471. The van der Waals surface area contributed by atoms with E-state index in [4.69, 9.17) is 22.8 Å². The van der Waals surface area contributed by atoms with Gasteiger partial charge in [-0.25, -0.2) is 0 Å². The minimum absolute atomic E-state index is 0.0292. The Balaban J connectivity index is 2.33. The lowest BCUT2D eigenvalue weighted by Gasteiger charge is -2.17. The van der Waals surface area contributed by atoms with Crippen molar-refractivity contribution in [3.63, 3.8) is 0 Å². The molecule has 3 rings (SSSR count). The summed E-state index contributed by atoms with van der Waals surface area (Å²) in [5.74, 6) is 0.380. The summed E-state index contributed by atoms with van der Waals surface area (Å²) >= 11 is 4.83. The molecule has 0 aliphatic carbocycles. The Labute approximate surface area is 260 Å². The molecule has 0 spiro atoms. The molecule has 0 atom stereocenters. The molecular weight excluding hydrogens is 621 g/mol. The molecule has 0 bridgehead atoms. The Hall–Kier alpha value is -2.71. The first-order valence-corrected chi connectivity index (χ1v) is 16.6. The molecule has 13 heteroatoms. The first-order chi connectivity index (χ1) is 20.0. The van der Waals surface area contributed by atoms with E-state index in [0.29, 0.717) is 17.5 Å². The van der Waals surface area contributed by atoms with Gasteiger partial charge in [0.25, 0.3) is 0 Å². The Morgan fingerprint density at radius 1 is 0.905 bits per heavy atom. The van der Waals surface area contributed by atoms with E-state index in [1.807, 2.05) is 39.8 Å². The topological polar surface area (TPSA) is 122 Å². The van der Waals surface area contributed by atoms with Gasteiger partial charge in [-0.05, 0) is 51.3 Å². The summed E-state index contributed by atoms with van der Waals surface area (Å²) in [4.78, 5) is 38.3. The van der Waals surface area contributed by atoms with E-state index in [-0.39, 0.29) is 74.8 Å². The van der Waals surface area contributed by atoms with E-state index >= 15 is 0 Å². The number of phenols is 1. The number of hydrogen-bond acceptors (Lipinski definition) is 13. The van der Waals surface area contributed by atoms with Gasteiger partial charge in [0, 0.05) is 34.1 Å². The van der Waals surface area contributed by atoms with E-state index in [1.165, 1.54) is 26.4 Å². The fourth-order valence-corrected chi connectivity index (χ4v) is 5.16. The van der Waals surface area contributed by atoms with Crippen molar-refractivity contribution in [2.75, 3.05) is 27.4 Å². The van der Waals surface area contributed by atoms with Gasteiger partial charge in [-0.3, -0.25) is 14.4 Å². The number of thiol groups is 1. The number of carbonyl (C=O) groups is 2. The van der Waals surface area contributed by atoms with Gasteiger partial charge < -0.3 is 27.9 Å². The number of carbonyl (C=O) groups excluding carboxylic acids is 2. The predicted octanol–water partition coefficient (Wildman–Crippen LogP) is 7.01. The van der Waals surface area contributed by atoms with Gasteiger partial charge in [0.05, 0.1) is 30.7 Å². The molecule has 1 aromatic heterocycles. The molecule has 2 aromatic carbocycles. The zero-order valence-electron chi connectivity index (χ0n) is 24.0. The lowest BCUT2D eigenvalue weighted by molar-refractivity contribution is -0.113. The van der Waals surface area contributed by atoms with E-state index < -0.39 is 5.43 Å². The molecular formula is C29H32O9S4. The Bertz CT molecular complexity index is 1600. The maximum absolute atomic E-state index is 14.1. The van der Waals surface area contributed by atoms with E-state index in [2.05, 4.69) is 11.7 Å². The fourth-order valence-electron chi connectivity index (χ4n) is 4.06. The van der Waals surface area contributed by atoms with Crippen LogP contribution in [0.1, 0.15) is 38.8 Å². The van der Waals surface area contributed by atoms with Crippen LogP contribution in [-0.2, 0) is 26.6 Å². The van der Waals surface area contributed by atoms with Gasteiger partial charge in [-0.1, -0.05) is 23.3 Å². The number of methoxy groups -OCH3 is 1. The number of aromatic hydroxyl groups is 1. The van der Waals surface area contributed by atoms with Crippen molar-refractivity contribution in [3.05, 3.63) is 56.8 Å². The molecule has 0 aliphatic rings. The number of fused-ring (bicyclic) bond motifs is 2. The largest absolute Gasteiger partial charge is 0.507 e. The molecule has 226 valence electrons. The molecule has 42 heavy (non-hydrogen) atoms. The molecule has 9 nitrogen and oxygen atoms in total. The number of allylic oxidation sites excluding steroid dienone is 4. The molecule has 0 unspecified atom stereocenters. The molecule has 0 saturated heterocycles. The van der Waals surface area contributed by atoms with Gasteiger partial charge >= 0.3 is 0 Å². The van der Waals surface area contributed by atoms with Crippen LogP contribution in [0.4, 0.5) is 0 Å². The maximum atomic E-state index is 14.1. The number of benzene rings is 2. The zero-order chi connectivity index (χ0) is 31.0. The van der Waals surface area contributed by atoms with E-state index in [0.717, 1.165) is 43.8 Å². The van der Waals surface area contributed by atoms with Crippen molar-refractivity contribution in [2.45, 2.75) is 40.5 Å². The molecule has 1 heterocycles. The smallest absolute Gasteiger partial charge is 0.238 e. The third kappa shape index (κ3) is 8.22. The van der Waals surface area contributed by atoms with Gasteiger partial charge in [-0.15, -0.1) is 11.7 Å². The van der Waals surface area contributed by atoms with Crippen LogP contribution in [-0.4, -0.2) is 42.8 Å². The summed E-state index contributed by atoms with van der Waals surface area (Å²) in [7, 11) is 4.50. The van der Waals surface area contributed by atoms with Crippen molar-refractivity contribution in [1.82, 2.24) is 0 Å². The van der Waals surface area contributed by atoms with Crippen molar-refractivity contribution >= 4 is 76.5 Å². The van der Waals surface area contributed by atoms with Gasteiger partial charge in [-0.2, -0.15) is 0 Å². The van der Waals surface area contributed by atoms with Crippen LogP contribution in [0.2, 0.25) is 0 Å². The van der Waals surface area contributed by atoms with Crippen molar-refractivity contribution in [3.8, 4) is 23.0 Å². The van der Waals surface area contributed by atoms with E-state index in [1.54, 1.807) is 0 Å². The van der Waals surface area contributed by atoms with E-state index in [9.17, 15) is 19.5 Å². The molecule has 0 radical (unpaired) electrons. The highest BCUT2D eigenvalue weighted by molar-refractivity contribution is 8.80. The highest BCUT2D eigenvalue weighted by atomic mass is 33.1. The molecule has 3 aromatic rings. The quantitative estimate of drug-likeness (QED) is 0.0649. The SMILES string of the molecule is COSSC(=O)COc1cc2oc3cc(OCC(=O)SS)c(OC)c(CC=C(C)C)c3c(=O)c2c(O)c1CC=C(C)C. The standard InChI is InChI=1S/C29H32O9S4/c1-15(2)7-9-17-19(36-14-24(31)41-42-35-6)11-21-26(27(17)32)28(33)25-18(10-8-16(3)4)29(34-5)22(12-20(25)38-21)37-13-23(30)40-39/h7-8,11-12,32,39H,9-10,13-14H2,1-6H3. The summed E-state index contributed by atoms with van der Waals surface area (Å²) in [5, 5.41) is 11.0. The summed E-state index contributed by atoms with van der Waals surface area (Å²) < 4.78 is 28.3. The summed E-state index contributed by atoms with van der Waals surface area (Å²) in [5.41, 5.74) is 2.57. The Morgan fingerprint density at radius 3 is 2.07 bits per heavy atom. The average molecular weight is 653 g/mol. The first kappa shape index (κ1) is 33.8. The fraction of sp³-hybridized carbons (Fsp3) is 0.345. The van der Waals surface area contributed by atoms with Gasteiger partial charge in [0.1, 0.15) is 28.1 Å². The molecule has 0 aliphatic heterocycles. The van der Waals surface area contributed by atoms with Crippen LogP contribution in [0.15, 0.2) is 44.6 Å². The lowest BCUT2D eigenvalue weighted by atomic mass is 9.98. The second-order valence-corrected chi connectivity index (χ2v) is 12.7. The summed E-state index contributed by atoms with van der Waals surface area (Å²) in [6.45, 7) is 7.09. The van der Waals surface area contributed by atoms with Crippen molar-refractivity contribution in [2.24, 2.45) is 0 Å². The maximum Gasteiger partial charge on any atom is 0.238 e. The lowest BCUT2D eigenvalue weighted by Crippen LogP contribution is -2.12. The van der Waals surface area contributed by atoms with Crippen LogP contribution in [0, 0.1) is 0 Å². The van der Waals surface area contributed by atoms with Crippen molar-refractivity contribution < 1.29 is 37.5 Å². The van der Waals surface area contributed by atoms with Crippen LogP contribution >= 0.6 is 44.3 Å². The van der Waals surface area contributed by atoms with Crippen LogP contribution < -0.4 is 19.6 Å². The normalized spacial score (nSPS) is 10.9. The van der Waals surface area contributed by atoms with Crippen LogP contribution in [0.5, 0.6) is 23.0 Å². The Kier molecular flexibility index (Phi) is 12.6. The van der Waals surface area contributed by atoms with Crippen LogP contribution in [0.3, 0.4) is 0 Å². The second kappa shape index (κ2) is 15.7. The predicted molar refractivity (Wildman–Crippen MR) is 174 cm³/mol. The van der Waals surface area contributed by atoms with Gasteiger partial charge in [0.2, 0.25) is 15.7 Å². The number of phenolic OH excluding ortho intramolecular Hbond substituents is 1. The molecule has 0 amide bonds. The zero-order valence-corrected chi connectivity index (χ0v) is 27.4. The highest BCUT2D eigenvalue weighted by Gasteiger charge is 2.25. The number of ether oxygens (including phenoxy) is 3. The second-order valence-electron chi connectivity index (χ2n) is 9.47. The number of rotatable bonds is 13. The van der Waals surface area contributed by atoms with Crippen molar-refractivity contribution in [1.29, 1.82) is 0 Å². The Morgan fingerprint density at radius 2 is 1.48 bits per heavy atom. The molecule has 0 saturated carbocycles. The minimum Gasteiger partial charge on any atom is -0.507 e. The number of hydrogen-bond donors (Lipinski definition) is 2. The average Bonchev–Trinajstić information content (AvgIpc) is 2.95. The molecule has 1 N–H and O–H groups in total. The highest BCUT2D eigenvalue weighted by Crippen LogP contribution is 2.42. The third-order valence-corrected chi connectivity index (χ3v) is 8.54. The molecule has 0 fully saturated rings. The van der Waals surface area contributed by atoms with Crippen LogP contribution in [0.25, 0.3) is 21.9 Å². The van der Waals surface area contributed by atoms with Gasteiger partial charge in [0.15, 0.2) is 24.7 Å². The first-order valence-electron chi connectivity index (χ1n) is 12.6.